The molecule has 2 aromatic carbocycles. The zero-order chi connectivity index (χ0) is 23.1. The van der Waals surface area contributed by atoms with E-state index in [4.69, 9.17) is 9.47 Å². The van der Waals surface area contributed by atoms with Crippen molar-refractivity contribution < 1.29 is 29.0 Å². The monoisotopic (exact) mass is 438 g/mol. The molecule has 0 saturated heterocycles. The lowest BCUT2D eigenvalue weighted by Crippen LogP contribution is -2.53. The predicted molar refractivity (Wildman–Crippen MR) is 118 cm³/mol. The molecular formula is C24H26N2O6. The molecule has 3 N–H and O–H groups in total. The summed E-state index contributed by atoms with van der Waals surface area (Å²) in [4.78, 5) is 36.2. The molecule has 8 heteroatoms. The Labute approximate surface area is 186 Å². The molecule has 2 amide bonds. The van der Waals surface area contributed by atoms with Gasteiger partial charge in [-0.2, -0.15) is 0 Å². The highest BCUT2D eigenvalue weighted by molar-refractivity contribution is 5.89. The number of carboxylic acid groups (broad SMARTS) is 1. The summed E-state index contributed by atoms with van der Waals surface area (Å²) in [6, 6.07) is 13.7. The van der Waals surface area contributed by atoms with Crippen LogP contribution in [0.1, 0.15) is 23.5 Å². The van der Waals surface area contributed by atoms with E-state index in [0.717, 1.165) is 22.3 Å². The minimum absolute atomic E-state index is 0.0473. The largest absolute Gasteiger partial charge is 0.480 e. The number of nitrogens with one attached hydrogen (secondary N) is 2. The number of rotatable bonds is 10. The van der Waals surface area contributed by atoms with Gasteiger partial charge < -0.3 is 25.2 Å². The predicted octanol–water partition coefficient (Wildman–Crippen LogP) is 2.69. The van der Waals surface area contributed by atoms with Crippen molar-refractivity contribution in [3.05, 3.63) is 72.3 Å². The van der Waals surface area contributed by atoms with E-state index in [2.05, 4.69) is 17.2 Å². The first-order valence-electron chi connectivity index (χ1n) is 10.2. The average molecular weight is 438 g/mol. The molecule has 0 heterocycles. The molecule has 0 radical (unpaired) electrons. The number of ether oxygens (including phenoxy) is 2. The van der Waals surface area contributed by atoms with Gasteiger partial charge in [0.15, 0.2) is 0 Å². The quantitative estimate of drug-likeness (QED) is 0.492. The third-order valence-electron chi connectivity index (χ3n) is 5.30. The third-order valence-corrected chi connectivity index (χ3v) is 5.30. The fourth-order valence-corrected chi connectivity index (χ4v) is 3.79. The summed E-state index contributed by atoms with van der Waals surface area (Å²) in [6.45, 7) is 3.44. The van der Waals surface area contributed by atoms with E-state index in [1.807, 2.05) is 48.5 Å². The molecule has 2 aromatic rings. The van der Waals surface area contributed by atoms with Crippen molar-refractivity contribution in [2.45, 2.75) is 24.4 Å². The first-order valence-corrected chi connectivity index (χ1v) is 10.2. The van der Waals surface area contributed by atoms with E-state index in [-0.39, 0.29) is 25.6 Å². The van der Waals surface area contributed by atoms with E-state index < -0.39 is 30.1 Å². The van der Waals surface area contributed by atoms with Crippen LogP contribution in [-0.2, 0) is 19.1 Å². The van der Waals surface area contributed by atoms with Crippen molar-refractivity contribution >= 4 is 18.0 Å². The average Bonchev–Trinajstić information content (AvgIpc) is 3.10. The van der Waals surface area contributed by atoms with Crippen LogP contribution in [0.15, 0.2) is 61.2 Å². The zero-order valence-corrected chi connectivity index (χ0v) is 17.7. The first-order chi connectivity index (χ1) is 15.5. The van der Waals surface area contributed by atoms with E-state index >= 15 is 0 Å². The topological polar surface area (TPSA) is 114 Å². The van der Waals surface area contributed by atoms with Gasteiger partial charge in [0.2, 0.25) is 5.91 Å². The maximum Gasteiger partial charge on any atom is 0.407 e. The van der Waals surface area contributed by atoms with Crippen molar-refractivity contribution in [2.75, 3.05) is 20.3 Å². The zero-order valence-electron chi connectivity index (χ0n) is 17.7. The van der Waals surface area contributed by atoms with Crippen LogP contribution in [0.3, 0.4) is 0 Å². The molecule has 32 heavy (non-hydrogen) atoms. The highest BCUT2D eigenvalue weighted by Crippen LogP contribution is 2.44. The second kappa shape index (κ2) is 10.6. The number of hydrogen-bond acceptors (Lipinski definition) is 5. The van der Waals surface area contributed by atoms with E-state index in [0.29, 0.717) is 0 Å². The van der Waals surface area contributed by atoms with E-state index in [9.17, 15) is 19.5 Å². The number of carbonyl (C=O) groups excluding carboxylic acids is 2. The lowest BCUT2D eigenvalue weighted by atomic mass is 9.98. The molecule has 3 rings (SSSR count). The standard InChI is InChI=1S/C24H26N2O6/c1-3-8-20(23(28)29)25-22(27)21(14-31-2)26-24(30)32-13-19-17-11-6-4-9-15(17)16-10-5-7-12-18(16)19/h3-7,9-12,19-21H,1,8,13-14H2,2H3,(H,25,27)(H,26,30)(H,28,29)/t20?,21-/m0/s1. The van der Waals surface area contributed by atoms with Gasteiger partial charge in [0.25, 0.3) is 0 Å². The van der Waals surface area contributed by atoms with Crippen LogP contribution in [0.5, 0.6) is 0 Å². The summed E-state index contributed by atoms with van der Waals surface area (Å²) in [5.74, 6) is -2.00. The highest BCUT2D eigenvalue weighted by atomic mass is 16.5. The van der Waals surface area contributed by atoms with Gasteiger partial charge in [-0.15, -0.1) is 6.58 Å². The van der Waals surface area contributed by atoms with Gasteiger partial charge in [-0.3, -0.25) is 4.79 Å². The van der Waals surface area contributed by atoms with Crippen molar-refractivity contribution in [1.29, 1.82) is 0 Å². The number of benzene rings is 2. The maximum atomic E-state index is 12.5. The Bertz CT molecular complexity index is 960. The second-order valence-corrected chi connectivity index (χ2v) is 7.40. The van der Waals surface area contributed by atoms with Gasteiger partial charge in [-0.25, -0.2) is 9.59 Å². The number of carbonyl (C=O) groups is 3. The summed E-state index contributed by atoms with van der Waals surface area (Å²) < 4.78 is 10.4. The number of alkyl carbamates (subject to hydrolysis) is 1. The number of methoxy groups -OCH3 is 1. The number of fused-ring (bicyclic) bond motifs is 3. The van der Waals surface area contributed by atoms with Gasteiger partial charge in [0, 0.05) is 13.0 Å². The molecule has 1 aliphatic carbocycles. The number of amides is 2. The number of hydrogen-bond donors (Lipinski definition) is 3. The first kappa shape index (κ1) is 23.0. The second-order valence-electron chi connectivity index (χ2n) is 7.40. The van der Waals surface area contributed by atoms with Crippen molar-refractivity contribution in [3.63, 3.8) is 0 Å². The molecule has 0 saturated carbocycles. The third kappa shape index (κ3) is 5.15. The van der Waals surface area contributed by atoms with Crippen LogP contribution in [0, 0.1) is 0 Å². The molecule has 2 atom stereocenters. The SMILES string of the molecule is C=CCC(NC(=O)[C@H](COC)NC(=O)OCC1c2ccccc2-c2ccccc21)C(=O)O. The summed E-state index contributed by atoms with van der Waals surface area (Å²) in [7, 11) is 1.37. The van der Waals surface area contributed by atoms with Gasteiger partial charge in [-0.1, -0.05) is 54.6 Å². The fourth-order valence-electron chi connectivity index (χ4n) is 3.79. The molecule has 168 valence electrons. The molecule has 0 aromatic heterocycles. The summed E-state index contributed by atoms with van der Waals surface area (Å²) in [5.41, 5.74) is 4.36. The van der Waals surface area contributed by atoms with Gasteiger partial charge >= 0.3 is 12.1 Å². The Morgan fingerprint density at radius 2 is 1.62 bits per heavy atom. The molecule has 0 spiro atoms. The Morgan fingerprint density at radius 1 is 1.03 bits per heavy atom. The summed E-state index contributed by atoms with van der Waals surface area (Å²) in [5, 5.41) is 14.0. The van der Waals surface area contributed by atoms with Gasteiger partial charge in [-0.05, 0) is 28.7 Å². The van der Waals surface area contributed by atoms with Crippen LogP contribution in [-0.4, -0.2) is 55.5 Å². The molecule has 8 nitrogen and oxygen atoms in total. The maximum absolute atomic E-state index is 12.5. The summed E-state index contributed by atoms with van der Waals surface area (Å²) in [6.07, 6.45) is 0.648. The van der Waals surface area contributed by atoms with Crippen LogP contribution < -0.4 is 10.6 Å². The van der Waals surface area contributed by atoms with Crippen molar-refractivity contribution in [2.24, 2.45) is 0 Å². The molecule has 1 aliphatic rings. The van der Waals surface area contributed by atoms with Crippen molar-refractivity contribution in [3.8, 4) is 11.1 Å². The lowest BCUT2D eigenvalue weighted by Gasteiger charge is -2.21. The van der Waals surface area contributed by atoms with Crippen LogP contribution in [0.4, 0.5) is 4.79 Å². The van der Waals surface area contributed by atoms with Crippen molar-refractivity contribution in [1.82, 2.24) is 10.6 Å². The van der Waals surface area contributed by atoms with Crippen LogP contribution in [0.25, 0.3) is 11.1 Å². The van der Waals surface area contributed by atoms with Gasteiger partial charge in [0.05, 0.1) is 6.61 Å². The smallest absolute Gasteiger partial charge is 0.407 e. The Morgan fingerprint density at radius 3 is 2.16 bits per heavy atom. The van der Waals surface area contributed by atoms with Gasteiger partial charge in [0.1, 0.15) is 18.7 Å². The van der Waals surface area contributed by atoms with Crippen LogP contribution in [0.2, 0.25) is 0 Å². The fraction of sp³-hybridized carbons (Fsp3) is 0.292. The molecule has 0 aliphatic heterocycles. The molecular weight excluding hydrogens is 412 g/mol. The van der Waals surface area contributed by atoms with Crippen LogP contribution >= 0.6 is 0 Å². The lowest BCUT2D eigenvalue weighted by molar-refractivity contribution is -0.142. The minimum atomic E-state index is -1.20. The van der Waals surface area contributed by atoms with E-state index in [1.165, 1.54) is 13.2 Å². The minimum Gasteiger partial charge on any atom is -0.480 e. The summed E-state index contributed by atoms with van der Waals surface area (Å²) >= 11 is 0. The highest BCUT2D eigenvalue weighted by Gasteiger charge is 2.30. The molecule has 1 unspecified atom stereocenters. The van der Waals surface area contributed by atoms with E-state index in [1.54, 1.807) is 0 Å². The Kier molecular flexibility index (Phi) is 7.62. The molecule has 0 bridgehead atoms. The number of aliphatic carboxylic acids is 1. The molecule has 0 fully saturated rings. The number of carboxylic acids is 1. The Balaban J connectivity index is 1.64. The Hall–Kier alpha value is -3.65. The normalized spacial score (nSPS) is 13.9.